The van der Waals surface area contributed by atoms with Gasteiger partial charge in [-0.15, -0.1) is 0 Å². The molecule has 2 N–H and O–H groups in total. The molecule has 1 aromatic carbocycles. The Morgan fingerprint density at radius 2 is 2.05 bits per heavy atom. The third-order valence-corrected chi connectivity index (χ3v) is 3.22. The lowest BCUT2D eigenvalue weighted by Gasteiger charge is -2.13. The van der Waals surface area contributed by atoms with E-state index in [4.69, 9.17) is 5.11 Å². The van der Waals surface area contributed by atoms with Crippen LogP contribution in [-0.4, -0.2) is 22.0 Å². The number of para-hydroxylation sites is 1. The smallest absolute Gasteiger partial charge is 0.354 e. The van der Waals surface area contributed by atoms with E-state index >= 15 is 0 Å². The van der Waals surface area contributed by atoms with Gasteiger partial charge >= 0.3 is 5.97 Å². The molecular formula is C16H16N2O3. The van der Waals surface area contributed by atoms with Crippen molar-refractivity contribution < 1.29 is 14.7 Å². The van der Waals surface area contributed by atoms with Crippen LogP contribution in [0.2, 0.25) is 0 Å². The second-order valence-corrected chi connectivity index (χ2v) is 4.65. The Morgan fingerprint density at radius 1 is 1.29 bits per heavy atom. The van der Waals surface area contributed by atoms with Crippen molar-refractivity contribution >= 4 is 17.6 Å². The fourth-order valence-corrected chi connectivity index (χ4v) is 2.08. The van der Waals surface area contributed by atoms with Crippen LogP contribution in [0.25, 0.3) is 0 Å². The topological polar surface area (TPSA) is 79.3 Å². The number of anilines is 1. The van der Waals surface area contributed by atoms with Crippen LogP contribution in [0.1, 0.15) is 38.9 Å². The fraction of sp³-hybridized carbons (Fsp3) is 0.188. The Morgan fingerprint density at radius 3 is 2.71 bits per heavy atom. The fourth-order valence-electron chi connectivity index (χ4n) is 2.08. The first-order valence-electron chi connectivity index (χ1n) is 6.62. The average molecular weight is 284 g/mol. The number of nitrogens with zero attached hydrogens (tertiary/aromatic N) is 1. The van der Waals surface area contributed by atoms with Crippen molar-refractivity contribution in [3.8, 4) is 0 Å². The molecule has 1 heterocycles. The predicted molar refractivity (Wildman–Crippen MR) is 79.7 cm³/mol. The first kappa shape index (κ1) is 14.7. The molecule has 2 aromatic rings. The van der Waals surface area contributed by atoms with Crippen LogP contribution in [0.5, 0.6) is 0 Å². The number of carbonyl (C=O) groups excluding carboxylic acids is 1. The molecule has 0 fully saturated rings. The first-order chi connectivity index (χ1) is 10.0. The number of hydrogen-bond acceptors (Lipinski definition) is 3. The van der Waals surface area contributed by atoms with Crippen molar-refractivity contribution in [3.05, 3.63) is 58.9 Å². The number of carbonyl (C=O) groups is 2. The van der Waals surface area contributed by atoms with Gasteiger partial charge < -0.3 is 10.4 Å². The third kappa shape index (κ3) is 3.25. The highest BCUT2D eigenvalue weighted by atomic mass is 16.4. The summed E-state index contributed by atoms with van der Waals surface area (Å²) in [4.78, 5) is 26.9. The van der Waals surface area contributed by atoms with Gasteiger partial charge in [0.1, 0.15) is 5.69 Å². The van der Waals surface area contributed by atoms with Crippen molar-refractivity contribution in [2.75, 3.05) is 5.32 Å². The summed E-state index contributed by atoms with van der Waals surface area (Å²) >= 11 is 0. The van der Waals surface area contributed by atoms with Crippen molar-refractivity contribution in [1.82, 2.24) is 4.98 Å². The number of rotatable bonds is 4. The van der Waals surface area contributed by atoms with E-state index in [1.165, 1.54) is 18.3 Å². The molecule has 21 heavy (non-hydrogen) atoms. The van der Waals surface area contributed by atoms with E-state index in [1.54, 1.807) is 0 Å². The highest BCUT2D eigenvalue weighted by Crippen LogP contribution is 2.21. The Bertz CT molecular complexity index is 696. The third-order valence-electron chi connectivity index (χ3n) is 3.22. The average Bonchev–Trinajstić information content (AvgIpc) is 2.49. The molecule has 5 nitrogen and oxygen atoms in total. The van der Waals surface area contributed by atoms with E-state index in [1.807, 2.05) is 32.0 Å². The van der Waals surface area contributed by atoms with Crippen molar-refractivity contribution in [2.24, 2.45) is 0 Å². The molecule has 0 bridgehead atoms. The summed E-state index contributed by atoms with van der Waals surface area (Å²) in [5.74, 6) is -1.50. The zero-order chi connectivity index (χ0) is 15.4. The maximum absolute atomic E-state index is 12.3. The maximum atomic E-state index is 12.3. The standard InChI is InChI=1S/C16H16N2O3/c1-3-11-6-4-5-10(2)14(11)18-15(19)12-7-8-17-13(9-12)16(20)21/h4-9H,3H2,1-2H3,(H,18,19)(H,20,21). The molecule has 5 heteroatoms. The quantitative estimate of drug-likeness (QED) is 0.904. The normalized spacial score (nSPS) is 10.2. The summed E-state index contributed by atoms with van der Waals surface area (Å²) in [5, 5.41) is 11.8. The van der Waals surface area contributed by atoms with Crippen LogP contribution < -0.4 is 5.32 Å². The molecule has 108 valence electrons. The second kappa shape index (κ2) is 6.17. The van der Waals surface area contributed by atoms with Gasteiger partial charge in [0.25, 0.3) is 5.91 Å². The van der Waals surface area contributed by atoms with E-state index < -0.39 is 5.97 Å². The number of aromatic nitrogens is 1. The molecule has 0 unspecified atom stereocenters. The number of carboxylic acid groups (broad SMARTS) is 1. The lowest BCUT2D eigenvalue weighted by Crippen LogP contribution is -2.15. The Balaban J connectivity index is 2.30. The Kier molecular flexibility index (Phi) is 4.33. The molecule has 0 aliphatic carbocycles. The van der Waals surface area contributed by atoms with Crippen LogP contribution in [0.4, 0.5) is 5.69 Å². The number of amides is 1. The summed E-state index contributed by atoms with van der Waals surface area (Å²) in [6.07, 6.45) is 2.12. The largest absolute Gasteiger partial charge is 0.477 e. The lowest BCUT2D eigenvalue weighted by molar-refractivity contribution is 0.0690. The zero-order valence-electron chi connectivity index (χ0n) is 11.9. The first-order valence-corrected chi connectivity index (χ1v) is 6.62. The molecule has 1 amide bonds. The van der Waals surface area contributed by atoms with Gasteiger partial charge in [0.15, 0.2) is 0 Å². The Hall–Kier alpha value is -2.69. The monoisotopic (exact) mass is 284 g/mol. The molecule has 0 saturated carbocycles. The number of hydrogen-bond donors (Lipinski definition) is 2. The summed E-state index contributed by atoms with van der Waals surface area (Å²) in [5.41, 5.74) is 2.90. The zero-order valence-corrected chi connectivity index (χ0v) is 11.9. The number of aryl methyl sites for hydroxylation is 2. The minimum absolute atomic E-state index is 0.150. The molecule has 0 atom stereocenters. The number of nitrogens with one attached hydrogen (secondary N) is 1. The van der Waals surface area contributed by atoms with Crippen LogP contribution in [0, 0.1) is 6.92 Å². The molecule has 0 radical (unpaired) electrons. The van der Waals surface area contributed by atoms with Gasteiger partial charge in [-0.3, -0.25) is 4.79 Å². The molecular weight excluding hydrogens is 268 g/mol. The highest BCUT2D eigenvalue weighted by Gasteiger charge is 2.13. The van der Waals surface area contributed by atoms with Crippen LogP contribution in [-0.2, 0) is 6.42 Å². The molecule has 0 aliphatic heterocycles. The van der Waals surface area contributed by atoms with E-state index in [-0.39, 0.29) is 17.2 Å². The van der Waals surface area contributed by atoms with Gasteiger partial charge in [-0.2, -0.15) is 0 Å². The number of carboxylic acids is 1. The SMILES string of the molecule is CCc1cccc(C)c1NC(=O)c1ccnc(C(=O)O)c1. The lowest BCUT2D eigenvalue weighted by atomic mass is 10.1. The number of aromatic carboxylic acids is 1. The van der Waals surface area contributed by atoms with Crippen LogP contribution >= 0.6 is 0 Å². The summed E-state index contributed by atoms with van der Waals surface area (Å²) in [7, 11) is 0. The highest BCUT2D eigenvalue weighted by molar-refractivity contribution is 6.06. The van der Waals surface area contributed by atoms with E-state index in [0.717, 1.165) is 23.2 Å². The Labute approximate surface area is 122 Å². The number of pyridine rings is 1. The van der Waals surface area contributed by atoms with Gasteiger partial charge in [0.2, 0.25) is 0 Å². The summed E-state index contributed by atoms with van der Waals surface area (Å²) in [6, 6.07) is 8.58. The summed E-state index contributed by atoms with van der Waals surface area (Å²) in [6.45, 7) is 3.93. The minimum atomic E-state index is -1.16. The van der Waals surface area contributed by atoms with E-state index in [9.17, 15) is 9.59 Å². The molecule has 0 aliphatic rings. The molecule has 0 saturated heterocycles. The van der Waals surface area contributed by atoms with Crippen molar-refractivity contribution in [1.29, 1.82) is 0 Å². The maximum Gasteiger partial charge on any atom is 0.354 e. The van der Waals surface area contributed by atoms with Gasteiger partial charge in [-0.1, -0.05) is 25.1 Å². The molecule has 2 rings (SSSR count). The van der Waals surface area contributed by atoms with Gasteiger partial charge in [-0.05, 0) is 36.6 Å². The molecule has 1 aromatic heterocycles. The van der Waals surface area contributed by atoms with Gasteiger partial charge in [0.05, 0.1) is 0 Å². The predicted octanol–water partition coefficient (Wildman–Crippen LogP) is 2.90. The van der Waals surface area contributed by atoms with Crippen molar-refractivity contribution in [3.63, 3.8) is 0 Å². The summed E-state index contributed by atoms with van der Waals surface area (Å²) < 4.78 is 0. The van der Waals surface area contributed by atoms with Gasteiger partial charge in [-0.25, -0.2) is 9.78 Å². The van der Waals surface area contributed by atoms with E-state index in [2.05, 4.69) is 10.3 Å². The van der Waals surface area contributed by atoms with Crippen LogP contribution in [0.15, 0.2) is 36.5 Å². The van der Waals surface area contributed by atoms with Crippen LogP contribution in [0.3, 0.4) is 0 Å². The minimum Gasteiger partial charge on any atom is -0.477 e. The van der Waals surface area contributed by atoms with Crippen molar-refractivity contribution in [2.45, 2.75) is 20.3 Å². The van der Waals surface area contributed by atoms with Gasteiger partial charge in [0, 0.05) is 17.4 Å². The number of benzene rings is 1. The molecule has 0 spiro atoms. The second-order valence-electron chi connectivity index (χ2n) is 4.65. The van der Waals surface area contributed by atoms with E-state index in [0.29, 0.717) is 0 Å².